The first-order chi connectivity index (χ1) is 10.0. The fraction of sp³-hybridized carbons (Fsp3) is 0. The zero-order valence-corrected chi connectivity index (χ0v) is 11.6. The molecule has 2 heterocycles. The summed E-state index contributed by atoms with van der Waals surface area (Å²) in [4.78, 5) is 4.21. The first-order valence-corrected chi connectivity index (χ1v) is 7.51. The fourth-order valence-electron chi connectivity index (χ4n) is 1.80. The molecule has 0 saturated heterocycles. The van der Waals surface area contributed by atoms with E-state index in [4.69, 9.17) is 5.14 Å². The number of hydrogen-bond donors (Lipinski definition) is 2. The summed E-state index contributed by atoms with van der Waals surface area (Å²) in [6, 6.07) is 8.03. The van der Waals surface area contributed by atoms with Gasteiger partial charge in [0.05, 0.1) is 11.1 Å². The molecule has 1 aromatic carbocycles. The van der Waals surface area contributed by atoms with E-state index in [1.54, 1.807) is 24.5 Å². The Kier molecular flexibility index (Phi) is 3.17. The lowest BCUT2D eigenvalue weighted by Crippen LogP contribution is -2.11. The number of nitrogens with zero attached hydrogens (tertiary/aromatic N) is 2. The third-order valence-electron chi connectivity index (χ3n) is 2.81. The first kappa shape index (κ1) is 13.3. The summed E-state index contributed by atoms with van der Waals surface area (Å²) in [6.45, 7) is 0. The van der Waals surface area contributed by atoms with Gasteiger partial charge in [-0.15, -0.1) is 0 Å². The van der Waals surface area contributed by atoms with Crippen LogP contribution in [0.4, 0.5) is 0 Å². The van der Waals surface area contributed by atoms with Gasteiger partial charge in [-0.1, -0.05) is 17.9 Å². The molecule has 0 unspecified atom stereocenters. The maximum atomic E-state index is 11.3. The summed E-state index contributed by atoms with van der Waals surface area (Å²) in [5.74, 6) is 5.82. The molecule has 21 heavy (non-hydrogen) atoms. The number of rotatable bonds is 1. The monoisotopic (exact) mass is 298 g/mol. The van der Waals surface area contributed by atoms with Gasteiger partial charge in [0.25, 0.3) is 0 Å². The minimum Gasteiger partial charge on any atom is -0.261 e. The molecule has 0 fully saturated rings. The molecule has 0 amide bonds. The van der Waals surface area contributed by atoms with Gasteiger partial charge >= 0.3 is 0 Å². The molecule has 0 spiro atoms. The average Bonchev–Trinajstić information content (AvgIpc) is 2.92. The van der Waals surface area contributed by atoms with E-state index in [9.17, 15) is 8.42 Å². The number of pyridine rings is 1. The number of sulfonamides is 1. The number of nitrogens with two attached hydrogens (primary N) is 1. The maximum Gasteiger partial charge on any atom is 0.238 e. The van der Waals surface area contributed by atoms with E-state index < -0.39 is 10.0 Å². The molecule has 6 nitrogen and oxygen atoms in total. The second-order valence-electron chi connectivity index (χ2n) is 4.35. The molecule has 2 aromatic heterocycles. The molecule has 104 valence electrons. The van der Waals surface area contributed by atoms with Gasteiger partial charge < -0.3 is 0 Å². The van der Waals surface area contributed by atoms with Gasteiger partial charge in [0.1, 0.15) is 0 Å². The number of H-pyrrole nitrogens is 1. The molecular formula is C14H10N4O2S. The molecule has 0 aliphatic rings. The van der Waals surface area contributed by atoms with Crippen LogP contribution < -0.4 is 5.14 Å². The van der Waals surface area contributed by atoms with Crippen LogP contribution in [0.2, 0.25) is 0 Å². The summed E-state index contributed by atoms with van der Waals surface area (Å²) in [6.07, 6.45) is 3.28. The second-order valence-corrected chi connectivity index (χ2v) is 5.92. The highest BCUT2D eigenvalue weighted by atomic mass is 32.2. The standard InChI is InChI=1S/C14H10N4O2S/c15-21(19,20)13-3-1-2-10(7-13)4-5-11-6-12-9-17-18-14(12)16-8-11/h1-3,6-9H,(H2,15,19,20)(H,16,17,18). The predicted molar refractivity (Wildman–Crippen MR) is 77.7 cm³/mol. The zero-order valence-electron chi connectivity index (χ0n) is 10.7. The van der Waals surface area contributed by atoms with Crippen molar-refractivity contribution in [2.75, 3.05) is 0 Å². The molecular weight excluding hydrogens is 288 g/mol. The third kappa shape index (κ3) is 2.91. The molecule has 0 radical (unpaired) electrons. The highest BCUT2D eigenvalue weighted by Crippen LogP contribution is 2.11. The molecule has 7 heteroatoms. The molecule has 3 rings (SSSR count). The van der Waals surface area contributed by atoms with Crippen LogP contribution in [0.3, 0.4) is 0 Å². The Balaban J connectivity index is 1.97. The topological polar surface area (TPSA) is 102 Å². The van der Waals surface area contributed by atoms with Gasteiger partial charge in [0, 0.05) is 22.7 Å². The Hall–Kier alpha value is -2.69. The normalized spacial score (nSPS) is 11.1. The van der Waals surface area contributed by atoms with Gasteiger partial charge in [0.15, 0.2) is 5.65 Å². The van der Waals surface area contributed by atoms with E-state index in [2.05, 4.69) is 27.0 Å². The summed E-state index contributed by atoms with van der Waals surface area (Å²) >= 11 is 0. The Morgan fingerprint density at radius 3 is 2.71 bits per heavy atom. The number of primary sulfonamides is 1. The van der Waals surface area contributed by atoms with Gasteiger partial charge in [-0.2, -0.15) is 5.10 Å². The average molecular weight is 298 g/mol. The Morgan fingerprint density at radius 2 is 1.90 bits per heavy atom. The Bertz CT molecular complexity index is 981. The summed E-state index contributed by atoms with van der Waals surface area (Å²) in [5, 5.41) is 12.6. The van der Waals surface area contributed by atoms with Crippen molar-refractivity contribution in [3.8, 4) is 11.8 Å². The zero-order chi connectivity index (χ0) is 14.9. The van der Waals surface area contributed by atoms with Crippen molar-refractivity contribution >= 4 is 21.1 Å². The maximum absolute atomic E-state index is 11.3. The third-order valence-corrected chi connectivity index (χ3v) is 3.72. The molecule has 0 atom stereocenters. The van der Waals surface area contributed by atoms with Crippen LogP contribution in [0.25, 0.3) is 11.0 Å². The van der Waals surface area contributed by atoms with Crippen molar-refractivity contribution in [3.63, 3.8) is 0 Å². The number of nitrogens with one attached hydrogen (secondary N) is 1. The van der Waals surface area contributed by atoms with Crippen LogP contribution in [0.1, 0.15) is 11.1 Å². The summed E-state index contributed by atoms with van der Waals surface area (Å²) < 4.78 is 22.6. The first-order valence-electron chi connectivity index (χ1n) is 5.96. The van der Waals surface area contributed by atoms with Crippen molar-refractivity contribution in [2.24, 2.45) is 5.14 Å². The minimum absolute atomic E-state index is 0.0395. The molecule has 3 N–H and O–H groups in total. The van der Waals surface area contributed by atoms with Gasteiger partial charge in [0.2, 0.25) is 10.0 Å². The van der Waals surface area contributed by atoms with Crippen LogP contribution in [-0.2, 0) is 10.0 Å². The number of aromatic amines is 1. The van der Waals surface area contributed by atoms with Crippen molar-refractivity contribution in [1.82, 2.24) is 15.2 Å². The lowest BCUT2D eigenvalue weighted by molar-refractivity contribution is 0.598. The number of benzene rings is 1. The highest BCUT2D eigenvalue weighted by Gasteiger charge is 2.06. The number of aromatic nitrogens is 3. The summed E-state index contributed by atoms with van der Waals surface area (Å²) in [7, 11) is -3.72. The van der Waals surface area contributed by atoms with E-state index in [1.165, 1.54) is 12.1 Å². The second kappa shape index (κ2) is 5.01. The number of hydrogen-bond acceptors (Lipinski definition) is 4. The summed E-state index contributed by atoms with van der Waals surface area (Å²) in [5.41, 5.74) is 1.97. The van der Waals surface area contributed by atoms with E-state index in [1.807, 2.05) is 6.07 Å². The van der Waals surface area contributed by atoms with E-state index in [0.717, 1.165) is 5.39 Å². The van der Waals surface area contributed by atoms with Crippen LogP contribution in [0.5, 0.6) is 0 Å². The predicted octanol–water partition coefficient (Wildman–Crippen LogP) is 1.01. The lowest BCUT2D eigenvalue weighted by atomic mass is 10.2. The molecule has 0 saturated carbocycles. The van der Waals surface area contributed by atoms with Crippen LogP contribution in [0.15, 0.2) is 47.6 Å². The van der Waals surface area contributed by atoms with Gasteiger partial charge in [-0.3, -0.25) is 5.10 Å². The van der Waals surface area contributed by atoms with Crippen molar-refractivity contribution in [3.05, 3.63) is 53.9 Å². The van der Waals surface area contributed by atoms with Crippen molar-refractivity contribution in [1.29, 1.82) is 0 Å². The molecule has 0 aliphatic heterocycles. The van der Waals surface area contributed by atoms with Crippen LogP contribution >= 0.6 is 0 Å². The van der Waals surface area contributed by atoms with Gasteiger partial charge in [-0.25, -0.2) is 18.5 Å². The van der Waals surface area contributed by atoms with Crippen molar-refractivity contribution < 1.29 is 8.42 Å². The fourth-order valence-corrected chi connectivity index (χ4v) is 2.36. The molecule has 0 bridgehead atoms. The Labute approximate surface area is 121 Å². The van der Waals surface area contributed by atoms with E-state index >= 15 is 0 Å². The molecule has 3 aromatic rings. The van der Waals surface area contributed by atoms with Crippen molar-refractivity contribution in [2.45, 2.75) is 4.90 Å². The van der Waals surface area contributed by atoms with E-state index in [0.29, 0.717) is 16.8 Å². The number of fused-ring (bicyclic) bond motifs is 1. The van der Waals surface area contributed by atoms with Crippen LogP contribution in [0, 0.1) is 11.8 Å². The van der Waals surface area contributed by atoms with Gasteiger partial charge in [-0.05, 0) is 24.3 Å². The lowest BCUT2D eigenvalue weighted by Gasteiger charge is -1.97. The highest BCUT2D eigenvalue weighted by molar-refractivity contribution is 7.89. The SMILES string of the molecule is NS(=O)(=O)c1cccc(C#Cc2cnc3[nH]ncc3c2)c1. The largest absolute Gasteiger partial charge is 0.261 e. The quantitative estimate of drug-likeness (QED) is 0.654. The smallest absolute Gasteiger partial charge is 0.238 e. The Morgan fingerprint density at radius 1 is 1.10 bits per heavy atom. The van der Waals surface area contributed by atoms with Crippen LogP contribution in [-0.4, -0.2) is 23.6 Å². The van der Waals surface area contributed by atoms with E-state index in [-0.39, 0.29) is 4.90 Å². The minimum atomic E-state index is -3.72. The molecule has 0 aliphatic carbocycles.